The van der Waals surface area contributed by atoms with Crippen molar-refractivity contribution in [3.8, 4) is 11.3 Å². The van der Waals surface area contributed by atoms with Gasteiger partial charge in [0.15, 0.2) is 0 Å². The first-order valence-electron chi connectivity index (χ1n) is 8.79. The van der Waals surface area contributed by atoms with Crippen molar-refractivity contribution in [2.24, 2.45) is 0 Å². The lowest BCUT2D eigenvalue weighted by Gasteiger charge is -2.26. The van der Waals surface area contributed by atoms with Crippen LogP contribution in [-0.4, -0.2) is 33.9 Å². The first-order valence-corrected chi connectivity index (χ1v) is 8.79. The maximum absolute atomic E-state index is 12.6. The number of hydrogen-bond donors (Lipinski definition) is 0. The highest BCUT2D eigenvalue weighted by Crippen LogP contribution is 2.26. The fourth-order valence-corrected chi connectivity index (χ4v) is 3.42. The predicted octanol–water partition coefficient (Wildman–Crippen LogP) is 3.33. The molecular formula is C20H18F3N3O. The smallest absolute Gasteiger partial charge is 0.371 e. The molecule has 0 atom stereocenters. The normalized spacial score (nSPS) is 16.4. The van der Waals surface area contributed by atoms with Crippen molar-refractivity contribution >= 4 is 0 Å². The Morgan fingerprint density at radius 1 is 1.04 bits per heavy atom. The summed E-state index contributed by atoms with van der Waals surface area (Å²) in [6.45, 7) is 0.451. The highest BCUT2D eigenvalue weighted by Gasteiger charge is 2.29. The summed E-state index contributed by atoms with van der Waals surface area (Å²) >= 11 is 0. The van der Waals surface area contributed by atoms with E-state index in [1.807, 2.05) is 24.3 Å². The maximum Gasteiger partial charge on any atom is 0.408 e. The molecule has 0 spiro atoms. The number of rotatable bonds is 3. The fourth-order valence-electron chi connectivity index (χ4n) is 3.42. The first kappa shape index (κ1) is 17.6. The quantitative estimate of drug-likeness (QED) is 0.828. The highest BCUT2D eigenvalue weighted by molar-refractivity contribution is 5.60. The molecule has 7 heteroatoms. The Bertz CT molecular complexity index is 989. The second kappa shape index (κ2) is 6.72. The summed E-state index contributed by atoms with van der Waals surface area (Å²) in [7, 11) is 0. The summed E-state index contributed by atoms with van der Waals surface area (Å²) in [5, 5.41) is 3.92. The van der Waals surface area contributed by atoms with Gasteiger partial charge in [0, 0.05) is 30.4 Å². The van der Waals surface area contributed by atoms with Gasteiger partial charge in [0.1, 0.15) is 6.54 Å². The third kappa shape index (κ3) is 3.82. The Kier molecular flexibility index (Phi) is 4.37. The zero-order valence-corrected chi connectivity index (χ0v) is 14.5. The molecule has 0 fully saturated rings. The lowest BCUT2D eigenvalue weighted by Crippen LogP contribution is -2.29. The van der Waals surface area contributed by atoms with Crippen LogP contribution in [0.4, 0.5) is 13.2 Å². The minimum atomic E-state index is -4.49. The average molecular weight is 373 g/mol. The number of nitrogens with zero attached hydrogens (tertiary/aromatic N) is 3. The molecule has 2 aromatic rings. The molecule has 0 saturated carbocycles. The molecule has 27 heavy (non-hydrogen) atoms. The number of aromatic nitrogens is 2. The Labute approximate surface area is 154 Å². The van der Waals surface area contributed by atoms with Crippen LogP contribution in [0.25, 0.3) is 11.3 Å². The van der Waals surface area contributed by atoms with E-state index >= 15 is 0 Å². The molecule has 4 nitrogen and oxygen atoms in total. The monoisotopic (exact) mass is 373 g/mol. The van der Waals surface area contributed by atoms with Crippen molar-refractivity contribution in [1.82, 2.24) is 14.7 Å². The molecule has 1 aliphatic carbocycles. The summed E-state index contributed by atoms with van der Waals surface area (Å²) in [5.41, 5.74) is 3.99. The molecule has 0 radical (unpaired) electrons. The van der Waals surface area contributed by atoms with Gasteiger partial charge in [-0.3, -0.25) is 4.79 Å². The number of benzene rings is 1. The largest absolute Gasteiger partial charge is 0.408 e. The van der Waals surface area contributed by atoms with Crippen LogP contribution in [0.2, 0.25) is 0 Å². The van der Waals surface area contributed by atoms with E-state index in [-0.39, 0.29) is 0 Å². The third-order valence-electron chi connectivity index (χ3n) is 4.90. The van der Waals surface area contributed by atoms with E-state index in [0.29, 0.717) is 10.4 Å². The molecule has 4 rings (SSSR count). The molecule has 2 heterocycles. The van der Waals surface area contributed by atoms with Gasteiger partial charge in [-0.05, 0) is 48.3 Å². The van der Waals surface area contributed by atoms with Crippen molar-refractivity contribution in [2.75, 3.05) is 13.1 Å². The second-order valence-corrected chi connectivity index (χ2v) is 6.75. The van der Waals surface area contributed by atoms with Gasteiger partial charge in [0.05, 0.1) is 5.69 Å². The topological polar surface area (TPSA) is 38.1 Å². The summed E-state index contributed by atoms with van der Waals surface area (Å²) in [5.74, 6) is 0. The molecule has 1 aromatic heterocycles. The molecule has 0 bridgehead atoms. The maximum atomic E-state index is 12.6. The number of fused-ring (bicyclic) bond motifs is 1. The Balaban J connectivity index is 1.60. The predicted molar refractivity (Wildman–Crippen MR) is 96.2 cm³/mol. The van der Waals surface area contributed by atoms with Gasteiger partial charge in [-0.25, -0.2) is 4.68 Å². The van der Waals surface area contributed by atoms with E-state index in [1.54, 1.807) is 0 Å². The molecule has 1 aromatic carbocycles. The lowest BCUT2D eigenvalue weighted by molar-refractivity contribution is -0.143. The molecule has 1 aliphatic heterocycles. The van der Waals surface area contributed by atoms with Gasteiger partial charge in [-0.15, -0.1) is 0 Å². The minimum Gasteiger partial charge on any atom is -0.371 e. The molecule has 0 N–H and O–H groups in total. The number of halogens is 3. The van der Waals surface area contributed by atoms with E-state index < -0.39 is 18.3 Å². The van der Waals surface area contributed by atoms with Crippen LogP contribution in [0.15, 0.2) is 59.1 Å². The molecular weight excluding hydrogens is 355 g/mol. The van der Waals surface area contributed by atoms with E-state index in [4.69, 9.17) is 0 Å². The SMILES string of the molecule is O=c1ccc(-c2ccc3c(c2)CCN(C2=CC=C2)CC3)nn1CC(F)(F)F. The van der Waals surface area contributed by atoms with Crippen LogP contribution < -0.4 is 5.56 Å². The van der Waals surface area contributed by atoms with Gasteiger partial charge in [-0.1, -0.05) is 18.2 Å². The Morgan fingerprint density at radius 2 is 1.78 bits per heavy atom. The van der Waals surface area contributed by atoms with Gasteiger partial charge in [0.2, 0.25) is 0 Å². The number of alkyl halides is 3. The molecule has 2 aliphatic rings. The van der Waals surface area contributed by atoms with E-state index in [9.17, 15) is 18.0 Å². The summed E-state index contributed by atoms with van der Waals surface area (Å²) < 4.78 is 38.4. The van der Waals surface area contributed by atoms with Crippen molar-refractivity contribution in [2.45, 2.75) is 25.6 Å². The number of hydrogen-bond acceptors (Lipinski definition) is 3. The molecule has 140 valence electrons. The minimum absolute atomic E-state index is 0.368. The molecule has 0 amide bonds. The Morgan fingerprint density at radius 3 is 2.44 bits per heavy atom. The fraction of sp³-hybridized carbons (Fsp3) is 0.300. The van der Waals surface area contributed by atoms with Crippen LogP contribution in [0.3, 0.4) is 0 Å². The highest BCUT2D eigenvalue weighted by atomic mass is 19.4. The van der Waals surface area contributed by atoms with E-state index in [1.165, 1.54) is 22.9 Å². The van der Waals surface area contributed by atoms with Gasteiger partial charge < -0.3 is 4.90 Å². The third-order valence-corrected chi connectivity index (χ3v) is 4.90. The van der Waals surface area contributed by atoms with Crippen molar-refractivity contribution in [1.29, 1.82) is 0 Å². The summed E-state index contributed by atoms with van der Waals surface area (Å²) in [6, 6.07) is 8.47. The first-order chi connectivity index (χ1) is 12.9. The van der Waals surface area contributed by atoms with Crippen molar-refractivity contribution in [3.63, 3.8) is 0 Å². The van der Waals surface area contributed by atoms with Crippen LogP contribution in [0, 0.1) is 0 Å². The van der Waals surface area contributed by atoms with Gasteiger partial charge in [-0.2, -0.15) is 18.3 Å². The summed E-state index contributed by atoms with van der Waals surface area (Å²) in [4.78, 5) is 14.0. The van der Waals surface area contributed by atoms with E-state index in [0.717, 1.165) is 37.6 Å². The van der Waals surface area contributed by atoms with Crippen LogP contribution in [-0.2, 0) is 19.4 Å². The zero-order valence-electron chi connectivity index (χ0n) is 14.5. The van der Waals surface area contributed by atoms with E-state index in [2.05, 4.69) is 22.2 Å². The molecule has 0 unspecified atom stereocenters. The molecule has 0 saturated heterocycles. The van der Waals surface area contributed by atoms with Crippen molar-refractivity contribution in [3.05, 3.63) is 75.7 Å². The van der Waals surface area contributed by atoms with Gasteiger partial charge >= 0.3 is 6.18 Å². The Hall–Kier alpha value is -2.83. The lowest BCUT2D eigenvalue weighted by atomic mass is 9.99. The van der Waals surface area contributed by atoms with Gasteiger partial charge in [0.25, 0.3) is 5.56 Å². The number of allylic oxidation sites excluding steroid dienone is 3. The standard InChI is InChI=1S/C20H18F3N3O/c21-20(22,23)13-26-19(27)7-6-18(24-26)16-5-4-14-8-10-25(17-2-1-3-17)11-9-15(14)12-16/h1-7,12H,8-11,13H2. The zero-order chi connectivity index (χ0) is 19.0. The second-order valence-electron chi connectivity index (χ2n) is 6.75. The van der Waals surface area contributed by atoms with Crippen molar-refractivity contribution < 1.29 is 13.2 Å². The van der Waals surface area contributed by atoms with Crippen LogP contribution >= 0.6 is 0 Å². The summed E-state index contributed by atoms with van der Waals surface area (Å²) in [6.07, 6.45) is 3.49. The van der Waals surface area contributed by atoms with Crippen LogP contribution in [0.1, 0.15) is 11.1 Å². The van der Waals surface area contributed by atoms with Crippen LogP contribution in [0.5, 0.6) is 0 Å². The average Bonchev–Trinajstić information content (AvgIpc) is 2.76.